The van der Waals surface area contributed by atoms with Crippen LogP contribution in [0.3, 0.4) is 0 Å². The topological polar surface area (TPSA) is 237 Å². The third-order valence-electron chi connectivity index (χ3n) is 5.69. The summed E-state index contributed by atoms with van der Waals surface area (Å²) in [5.41, 5.74) is 16.2. The van der Waals surface area contributed by atoms with Gasteiger partial charge in [-0.05, 0) is 18.3 Å². The Morgan fingerprint density at radius 1 is 0.765 bits per heavy atom. The van der Waals surface area contributed by atoms with Crippen molar-refractivity contribution in [2.75, 3.05) is 0 Å². The SMILES string of the molecule is CC[C@H](C)[C@H](N)C(=O)N[C@@H](CC(N)=O)C(=O)N[C@@H](CCC(N)=O)C(=O)N[C@H](C(=O)O)[C@@H](C)CC. The minimum absolute atomic E-state index is 0.208. The molecular weight excluding hydrogens is 448 g/mol. The van der Waals surface area contributed by atoms with Gasteiger partial charge in [-0.3, -0.25) is 24.0 Å². The Labute approximate surface area is 198 Å². The second-order valence-corrected chi connectivity index (χ2v) is 8.42. The first kappa shape index (κ1) is 30.8. The molecule has 0 fully saturated rings. The molecule has 0 rings (SSSR count). The predicted molar refractivity (Wildman–Crippen MR) is 123 cm³/mol. The first-order chi connectivity index (χ1) is 15.7. The summed E-state index contributed by atoms with van der Waals surface area (Å²) in [5, 5.41) is 16.5. The van der Waals surface area contributed by atoms with Crippen LogP contribution in [0.25, 0.3) is 0 Å². The Bertz CT molecular complexity index is 760. The summed E-state index contributed by atoms with van der Waals surface area (Å²) in [6, 6.07) is -4.98. The number of amides is 5. The molecule has 13 nitrogen and oxygen atoms in total. The monoisotopic (exact) mass is 486 g/mol. The summed E-state index contributed by atoms with van der Waals surface area (Å²) in [5.74, 6) is -6.00. The maximum atomic E-state index is 12.9. The van der Waals surface area contributed by atoms with Crippen LogP contribution < -0.4 is 33.2 Å². The largest absolute Gasteiger partial charge is 0.480 e. The average Bonchev–Trinajstić information content (AvgIpc) is 2.76. The number of rotatable bonds is 16. The van der Waals surface area contributed by atoms with E-state index < -0.39 is 72.0 Å². The van der Waals surface area contributed by atoms with Crippen LogP contribution >= 0.6 is 0 Å². The normalized spacial score (nSPS) is 16.1. The second kappa shape index (κ2) is 14.8. The number of carbonyl (C=O) groups excluding carboxylic acids is 5. The van der Waals surface area contributed by atoms with E-state index in [1.54, 1.807) is 20.8 Å². The van der Waals surface area contributed by atoms with Gasteiger partial charge in [-0.15, -0.1) is 0 Å². The van der Waals surface area contributed by atoms with Crippen molar-refractivity contribution in [2.45, 2.75) is 84.0 Å². The van der Waals surface area contributed by atoms with Crippen LogP contribution in [0.5, 0.6) is 0 Å². The third kappa shape index (κ3) is 10.6. The second-order valence-electron chi connectivity index (χ2n) is 8.42. The Hall–Kier alpha value is -3.22. The predicted octanol–water partition coefficient (Wildman–Crippen LogP) is -1.91. The molecule has 0 aliphatic heterocycles. The molecule has 0 spiro atoms. The zero-order valence-electron chi connectivity index (χ0n) is 20.1. The molecule has 0 aliphatic carbocycles. The highest BCUT2D eigenvalue weighted by atomic mass is 16.4. The van der Waals surface area contributed by atoms with Crippen LogP contribution in [-0.4, -0.2) is 64.8 Å². The molecule has 0 aromatic rings. The molecule has 0 saturated heterocycles. The van der Waals surface area contributed by atoms with Gasteiger partial charge in [-0.2, -0.15) is 0 Å². The zero-order valence-corrected chi connectivity index (χ0v) is 20.1. The standard InChI is InChI=1S/C21H38N6O7/c1-5-10(3)16(24)20(32)26-13(9-15(23)29)19(31)25-12(7-8-14(22)28)18(30)27-17(21(33)34)11(4)6-2/h10-13,16-17H,5-9,24H2,1-4H3,(H2,22,28)(H2,23,29)(H,25,31)(H,26,32)(H,27,30)(H,33,34)/t10-,11-,12-,13-,16-,17-/m0/s1. The Kier molecular flexibility index (Phi) is 13.4. The highest BCUT2D eigenvalue weighted by molar-refractivity contribution is 5.96. The van der Waals surface area contributed by atoms with Crippen molar-refractivity contribution in [3.05, 3.63) is 0 Å². The number of carboxylic acids is 1. The molecule has 194 valence electrons. The molecule has 5 amide bonds. The fourth-order valence-corrected chi connectivity index (χ4v) is 2.96. The Balaban J connectivity index is 5.68. The lowest BCUT2D eigenvalue weighted by atomic mass is 9.98. The van der Waals surface area contributed by atoms with Crippen LogP contribution in [0.15, 0.2) is 0 Å². The van der Waals surface area contributed by atoms with Gasteiger partial charge >= 0.3 is 5.97 Å². The van der Waals surface area contributed by atoms with E-state index in [2.05, 4.69) is 16.0 Å². The van der Waals surface area contributed by atoms with Gasteiger partial charge in [0, 0.05) is 6.42 Å². The van der Waals surface area contributed by atoms with E-state index in [4.69, 9.17) is 17.2 Å². The summed E-state index contributed by atoms with van der Waals surface area (Å²) in [7, 11) is 0. The van der Waals surface area contributed by atoms with Crippen molar-refractivity contribution in [1.29, 1.82) is 0 Å². The molecule has 0 aromatic heterocycles. The minimum Gasteiger partial charge on any atom is -0.480 e. The van der Waals surface area contributed by atoms with E-state index in [0.29, 0.717) is 12.8 Å². The van der Waals surface area contributed by atoms with Gasteiger partial charge in [0.2, 0.25) is 29.5 Å². The molecular formula is C21H38N6O7. The molecule has 0 radical (unpaired) electrons. The zero-order chi connectivity index (χ0) is 26.6. The van der Waals surface area contributed by atoms with E-state index >= 15 is 0 Å². The lowest BCUT2D eigenvalue weighted by Crippen LogP contribution is -2.58. The van der Waals surface area contributed by atoms with Gasteiger partial charge in [0.25, 0.3) is 0 Å². The van der Waals surface area contributed by atoms with E-state index in [-0.39, 0.29) is 18.8 Å². The molecule has 0 bridgehead atoms. The van der Waals surface area contributed by atoms with Crippen LogP contribution in [-0.2, 0) is 28.8 Å². The summed E-state index contributed by atoms with van der Waals surface area (Å²) < 4.78 is 0. The molecule has 0 saturated carbocycles. The molecule has 6 atom stereocenters. The number of nitrogens with one attached hydrogen (secondary N) is 3. The Morgan fingerprint density at radius 2 is 1.26 bits per heavy atom. The molecule has 0 unspecified atom stereocenters. The summed E-state index contributed by atoms with van der Waals surface area (Å²) in [6.45, 7) is 6.96. The van der Waals surface area contributed by atoms with E-state index in [1.807, 2.05) is 6.92 Å². The number of nitrogens with two attached hydrogens (primary N) is 3. The first-order valence-corrected chi connectivity index (χ1v) is 11.2. The fraction of sp³-hybridized carbons (Fsp3) is 0.714. The maximum absolute atomic E-state index is 12.9. The molecule has 0 heterocycles. The highest BCUT2D eigenvalue weighted by Crippen LogP contribution is 2.10. The number of carbonyl (C=O) groups is 6. The molecule has 0 aromatic carbocycles. The van der Waals surface area contributed by atoms with Gasteiger partial charge < -0.3 is 38.3 Å². The van der Waals surface area contributed by atoms with Crippen molar-refractivity contribution in [3.63, 3.8) is 0 Å². The van der Waals surface area contributed by atoms with Crippen LogP contribution in [0.4, 0.5) is 0 Å². The van der Waals surface area contributed by atoms with Gasteiger partial charge in [0.05, 0.1) is 12.5 Å². The quantitative estimate of drug-likeness (QED) is 0.129. The van der Waals surface area contributed by atoms with Crippen molar-refractivity contribution < 1.29 is 33.9 Å². The number of primary amides is 2. The van der Waals surface area contributed by atoms with Gasteiger partial charge in [-0.25, -0.2) is 4.79 Å². The van der Waals surface area contributed by atoms with Crippen molar-refractivity contribution in [3.8, 4) is 0 Å². The van der Waals surface area contributed by atoms with Gasteiger partial charge in [0.1, 0.15) is 18.1 Å². The lowest BCUT2D eigenvalue weighted by Gasteiger charge is -2.26. The summed E-state index contributed by atoms with van der Waals surface area (Å²) in [6.07, 6.45) is -0.0373. The first-order valence-electron chi connectivity index (χ1n) is 11.2. The van der Waals surface area contributed by atoms with Crippen molar-refractivity contribution in [2.24, 2.45) is 29.0 Å². The van der Waals surface area contributed by atoms with E-state index in [9.17, 15) is 33.9 Å². The number of hydrogen-bond donors (Lipinski definition) is 7. The van der Waals surface area contributed by atoms with Gasteiger partial charge in [-0.1, -0.05) is 40.5 Å². The van der Waals surface area contributed by atoms with Crippen molar-refractivity contribution in [1.82, 2.24) is 16.0 Å². The van der Waals surface area contributed by atoms with Crippen molar-refractivity contribution >= 4 is 35.5 Å². The number of hydrogen-bond acceptors (Lipinski definition) is 7. The average molecular weight is 487 g/mol. The van der Waals surface area contributed by atoms with Crippen LogP contribution in [0.2, 0.25) is 0 Å². The van der Waals surface area contributed by atoms with E-state index in [0.717, 1.165) is 0 Å². The van der Waals surface area contributed by atoms with E-state index in [1.165, 1.54) is 0 Å². The minimum atomic E-state index is -1.44. The molecule has 10 N–H and O–H groups in total. The lowest BCUT2D eigenvalue weighted by molar-refractivity contribution is -0.144. The Morgan fingerprint density at radius 3 is 1.71 bits per heavy atom. The summed E-state index contributed by atoms with van der Waals surface area (Å²) in [4.78, 5) is 72.3. The number of aliphatic carboxylic acids is 1. The highest BCUT2D eigenvalue weighted by Gasteiger charge is 2.33. The molecule has 0 aliphatic rings. The van der Waals surface area contributed by atoms with Crippen LogP contribution in [0, 0.1) is 11.8 Å². The van der Waals surface area contributed by atoms with Crippen LogP contribution in [0.1, 0.15) is 59.8 Å². The number of carboxylic acid groups (broad SMARTS) is 1. The smallest absolute Gasteiger partial charge is 0.326 e. The third-order valence-corrected chi connectivity index (χ3v) is 5.69. The maximum Gasteiger partial charge on any atom is 0.326 e. The molecule has 34 heavy (non-hydrogen) atoms. The van der Waals surface area contributed by atoms with Gasteiger partial charge in [0.15, 0.2) is 0 Å². The molecule has 13 heteroatoms. The fourth-order valence-electron chi connectivity index (χ4n) is 2.96. The summed E-state index contributed by atoms with van der Waals surface area (Å²) >= 11 is 0.